The van der Waals surface area contributed by atoms with Crippen molar-refractivity contribution in [1.82, 2.24) is 0 Å². The van der Waals surface area contributed by atoms with Crippen molar-refractivity contribution in [3.63, 3.8) is 0 Å². The third-order valence-electron chi connectivity index (χ3n) is 11.1. The molecule has 9 nitrogen and oxygen atoms in total. The number of benzene rings is 3. The maximum Gasteiger partial charge on any atom is 0.334 e. The first-order valence-corrected chi connectivity index (χ1v) is 22.4. The minimum atomic E-state index is -2.61. The van der Waals surface area contributed by atoms with Crippen LogP contribution in [-0.4, -0.2) is 53.2 Å². The highest BCUT2D eigenvalue weighted by molar-refractivity contribution is 7.53. The van der Waals surface area contributed by atoms with Gasteiger partial charge in [0, 0.05) is 0 Å². The Morgan fingerprint density at radius 1 is 0.448 bits per heavy atom. The number of aliphatic hydroxyl groups excluding tert-OH is 3. The Kier molecular flexibility index (Phi) is 16.5. The van der Waals surface area contributed by atoms with Crippen LogP contribution in [0.4, 0.5) is 0 Å². The van der Waals surface area contributed by atoms with E-state index < -0.39 is 58.4 Å². The number of aliphatic hydroxyl groups is 4. The molecule has 0 radical (unpaired) electrons. The van der Waals surface area contributed by atoms with E-state index >= 15 is 0 Å². The zero-order valence-electron chi connectivity index (χ0n) is 38.6. The molecule has 328 valence electrons. The average molecular weight is 847 g/mol. The molecule has 3 aromatic rings. The highest BCUT2D eigenvalue weighted by Gasteiger charge is 2.59. The summed E-state index contributed by atoms with van der Waals surface area (Å²) in [4.78, 5) is 31.3. The molecule has 3 rings (SSSR count). The summed E-state index contributed by atoms with van der Waals surface area (Å²) < 4.78 is 3.60. The zero-order valence-corrected chi connectivity index (χ0v) is 40.4. The molecule has 0 saturated heterocycles. The van der Waals surface area contributed by atoms with Crippen molar-refractivity contribution in [2.24, 2.45) is 5.41 Å². The third kappa shape index (κ3) is 11.7. The largest absolute Gasteiger partial charge is 0.395 e. The van der Waals surface area contributed by atoms with Crippen LogP contribution in [0.1, 0.15) is 181 Å². The van der Waals surface area contributed by atoms with E-state index in [9.17, 15) is 20.4 Å². The van der Waals surface area contributed by atoms with Gasteiger partial charge in [-0.2, -0.15) is 0 Å². The molecule has 0 amide bonds. The van der Waals surface area contributed by atoms with E-state index in [2.05, 4.69) is 159 Å². The van der Waals surface area contributed by atoms with Crippen molar-refractivity contribution < 1.29 is 44.3 Å². The van der Waals surface area contributed by atoms with Crippen LogP contribution < -0.4 is 0 Å². The molecule has 0 spiro atoms. The fraction of sp³-hybridized carbons (Fsp3) is 0.617. The standard InChI is InChI=1S/C47H72O4.H4O5P2/c1-40(2,3)30-19-22-33(36(25-30)43(10,11)12)39(50)46(28-48,29-49)47(51,34-23-20-31(41(4,5)6)26-37(34)44(13,14)15)35-24-21-32(42(7,8)9)27-38(35)45(16,17)18;1-6(2)5-7(3)4/h19-27,39,48-51H,28-29H2,1-18H3;1-4H. The highest BCUT2D eigenvalue weighted by Crippen LogP contribution is 2.57. The lowest BCUT2D eigenvalue weighted by molar-refractivity contribution is -0.174. The van der Waals surface area contributed by atoms with E-state index in [0.717, 1.165) is 33.4 Å². The quantitative estimate of drug-likeness (QED) is 0.0977. The average Bonchev–Trinajstić information content (AvgIpc) is 3.05. The normalized spacial score (nSPS) is 14.5. The van der Waals surface area contributed by atoms with Crippen molar-refractivity contribution in [2.45, 2.75) is 169 Å². The van der Waals surface area contributed by atoms with Gasteiger partial charge in [0.05, 0.1) is 24.7 Å². The van der Waals surface area contributed by atoms with E-state index in [1.54, 1.807) is 0 Å². The first-order valence-electron chi connectivity index (χ1n) is 20.0. The van der Waals surface area contributed by atoms with Gasteiger partial charge in [0.2, 0.25) is 0 Å². The highest BCUT2D eigenvalue weighted by atomic mass is 31.2. The molecule has 0 heterocycles. The Morgan fingerprint density at radius 3 is 0.983 bits per heavy atom. The smallest absolute Gasteiger partial charge is 0.334 e. The fourth-order valence-electron chi connectivity index (χ4n) is 7.50. The molecule has 58 heavy (non-hydrogen) atoms. The Balaban J connectivity index is 0.00000151. The van der Waals surface area contributed by atoms with Gasteiger partial charge >= 0.3 is 17.2 Å². The van der Waals surface area contributed by atoms with Crippen LogP contribution in [0.3, 0.4) is 0 Å². The van der Waals surface area contributed by atoms with Crippen LogP contribution in [-0.2, 0) is 42.4 Å². The second-order valence-electron chi connectivity index (χ2n) is 22.0. The molecular formula is C47H76O9P2. The van der Waals surface area contributed by atoms with Gasteiger partial charge in [0.15, 0.2) is 0 Å². The molecule has 0 fully saturated rings. The van der Waals surface area contributed by atoms with Crippen molar-refractivity contribution in [3.05, 3.63) is 105 Å². The Hall–Kier alpha value is -1.84. The minimum absolute atomic E-state index is 0.137. The maximum absolute atomic E-state index is 14.2. The molecule has 0 aliphatic carbocycles. The molecule has 11 heteroatoms. The van der Waals surface area contributed by atoms with Crippen LogP contribution >= 0.6 is 17.2 Å². The summed E-state index contributed by atoms with van der Waals surface area (Å²) in [6.45, 7) is 37.3. The Morgan fingerprint density at radius 2 is 0.741 bits per heavy atom. The summed E-state index contributed by atoms with van der Waals surface area (Å²) in [5.41, 5.74) is 2.14. The minimum Gasteiger partial charge on any atom is -0.395 e. The van der Waals surface area contributed by atoms with Gasteiger partial charge in [-0.15, -0.1) is 0 Å². The van der Waals surface area contributed by atoms with Gasteiger partial charge in [-0.25, -0.2) is 4.31 Å². The van der Waals surface area contributed by atoms with Gasteiger partial charge < -0.3 is 40.0 Å². The van der Waals surface area contributed by atoms with Gasteiger partial charge in [-0.05, 0) is 82.6 Å². The Labute approximate surface area is 352 Å². The molecule has 0 aliphatic heterocycles. The molecule has 1 atom stereocenters. The van der Waals surface area contributed by atoms with Gasteiger partial charge in [-0.3, -0.25) is 0 Å². The lowest BCUT2D eigenvalue weighted by Crippen LogP contribution is -2.57. The molecule has 3 aromatic carbocycles. The Bertz CT molecular complexity index is 1740. The molecule has 1 unspecified atom stereocenters. The maximum atomic E-state index is 14.2. The first kappa shape index (κ1) is 52.3. The predicted octanol–water partition coefficient (Wildman–Crippen LogP) is 9.84. The zero-order chi connectivity index (χ0) is 45.4. The first-order chi connectivity index (χ1) is 25.9. The summed E-state index contributed by atoms with van der Waals surface area (Å²) in [6, 6.07) is 18.5. The summed E-state index contributed by atoms with van der Waals surface area (Å²) in [5.74, 6) is 0. The van der Waals surface area contributed by atoms with E-state index in [-0.39, 0.29) is 21.7 Å². The van der Waals surface area contributed by atoms with Crippen LogP contribution in [0.2, 0.25) is 0 Å². The summed E-state index contributed by atoms with van der Waals surface area (Å²) in [6.07, 6.45) is -1.45. The number of hydrogen-bond donors (Lipinski definition) is 8. The van der Waals surface area contributed by atoms with E-state index in [4.69, 9.17) is 19.6 Å². The molecule has 0 bridgehead atoms. The fourth-order valence-corrected chi connectivity index (χ4v) is 8.02. The van der Waals surface area contributed by atoms with E-state index in [0.29, 0.717) is 16.7 Å². The third-order valence-corrected chi connectivity index (χ3v) is 12.3. The van der Waals surface area contributed by atoms with Crippen LogP contribution in [0.5, 0.6) is 0 Å². The molecule has 0 aromatic heterocycles. The van der Waals surface area contributed by atoms with E-state index in [1.165, 1.54) is 0 Å². The monoisotopic (exact) mass is 846 g/mol. The summed E-state index contributed by atoms with van der Waals surface area (Å²) in [5, 5.41) is 50.8. The van der Waals surface area contributed by atoms with Gasteiger partial charge in [0.25, 0.3) is 0 Å². The van der Waals surface area contributed by atoms with Crippen molar-refractivity contribution in [1.29, 1.82) is 0 Å². The predicted molar refractivity (Wildman–Crippen MR) is 240 cm³/mol. The van der Waals surface area contributed by atoms with Crippen molar-refractivity contribution >= 4 is 17.2 Å². The number of rotatable bonds is 9. The van der Waals surface area contributed by atoms with Crippen LogP contribution in [0.25, 0.3) is 0 Å². The SMILES string of the molecule is CC(C)(C)c1ccc(C(O)C(CO)(CO)C(O)(c2ccc(C(C)(C)C)cc2C(C)(C)C)c2ccc(C(C)(C)C)cc2C(C)(C)C)c(C(C)(C)C)c1.OP(O)OP(O)O. The molecular weight excluding hydrogens is 770 g/mol. The van der Waals surface area contributed by atoms with Gasteiger partial charge in [-0.1, -0.05) is 179 Å². The molecule has 8 N–H and O–H groups in total. The number of hydrogen-bond acceptors (Lipinski definition) is 9. The van der Waals surface area contributed by atoms with Crippen LogP contribution in [0.15, 0.2) is 54.6 Å². The lowest BCUT2D eigenvalue weighted by atomic mass is 9.56. The van der Waals surface area contributed by atoms with Crippen molar-refractivity contribution in [3.8, 4) is 0 Å². The van der Waals surface area contributed by atoms with E-state index in [1.807, 2.05) is 24.3 Å². The summed E-state index contributed by atoms with van der Waals surface area (Å²) in [7, 11) is -5.22. The van der Waals surface area contributed by atoms with Crippen molar-refractivity contribution in [2.75, 3.05) is 13.2 Å². The lowest BCUT2D eigenvalue weighted by Gasteiger charge is -2.52. The second kappa shape index (κ2) is 18.2. The molecule has 0 saturated carbocycles. The second-order valence-corrected chi connectivity index (χ2v) is 23.7. The summed E-state index contributed by atoms with van der Waals surface area (Å²) >= 11 is 0. The van der Waals surface area contributed by atoms with Gasteiger partial charge in [0.1, 0.15) is 5.60 Å². The van der Waals surface area contributed by atoms with Crippen LogP contribution in [0, 0.1) is 5.41 Å². The topological polar surface area (TPSA) is 171 Å². The molecule has 0 aliphatic rings.